The molecular weight excluding hydrogens is 184 g/mol. The largest absolute Gasteiger partial charge is 0.353 e. The van der Waals surface area contributed by atoms with Gasteiger partial charge in [0.05, 0.1) is 6.54 Å². The minimum absolute atomic E-state index is 0.0737. The fourth-order valence-electron chi connectivity index (χ4n) is 0.744. The first-order valence-corrected chi connectivity index (χ1v) is 4.28. The zero-order chi connectivity index (χ0) is 11.1. The molecule has 80 valence electrons. The molecule has 0 spiro atoms. The van der Waals surface area contributed by atoms with Gasteiger partial charge in [0.2, 0.25) is 11.9 Å². The van der Waals surface area contributed by atoms with Gasteiger partial charge in [-0.25, -0.2) is 10.1 Å². The van der Waals surface area contributed by atoms with E-state index in [0.29, 0.717) is 5.06 Å². The van der Waals surface area contributed by atoms with Crippen LogP contribution in [0.15, 0.2) is 4.99 Å². The number of aliphatic imine (C=N–C) groups is 1. The molecule has 0 saturated heterocycles. The third kappa shape index (κ3) is 4.56. The normalized spacial score (nSPS) is 9.71. The van der Waals surface area contributed by atoms with Crippen LogP contribution in [-0.2, 0) is 4.79 Å². The summed E-state index contributed by atoms with van der Waals surface area (Å²) in [4.78, 5) is 14.4. The lowest BCUT2D eigenvalue weighted by molar-refractivity contribution is -0.168. The first-order chi connectivity index (χ1) is 6.49. The van der Waals surface area contributed by atoms with Gasteiger partial charge in [-0.15, -0.1) is 0 Å². The van der Waals surface area contributed by atoms with E-state index in [1.165, 1.54) is 0 Å². The van der Waals surface area contributed by atoms with Crippen molar-refractivity contribution in [3.63, 3.8) is 0 Å². The van der Waals surface area contributed by atoms with Crippen LogP contribution >= 0.6 is 0 Å². The lowest BCUT2D eigenvalue weighted by Crippen LogP contribution is -2.37. The van der Waals surface area contributed by atoms with Gasteiger partial charge >= 0.3 is 0 Å². The maximum Gasteiger partial charge on any atom is 0.248 e. The molecule has 6 heteroatoms. The summed E-state index contributed by atoms with van der Waals surface area (Å²) in [5, 5.41) is 19.4. The minimum Gasteiger partial charge on any atom is -0.353 e. The van der Waals surface area contributed by atoms with Crippen LogP contribution in [0.25, 0.3) is 0 Å². The van der Waals surface area contributed by atoms with Crippen LogP contribution in [0.4, 0.5) is 0 Å². The van der Waals surface area contributed by atoms with Crippen LogP contribution in [0.5, 0.6) is 0 Å². The lowest BCUT2D eigenvalue weighted by atomic mass is 10.2. The number of carbonyl (C=O) groups excluding carboxylic acids is 1. The topological polar surface area (TPSA) is 88.8 Å². The van der Waals surface area contributed by atoms with Crippen LogP contribution in [0.3, 0.4) is 0 Å². The van der Waals surface area contributed by atoms with Gasteiger partial charge in [0.1, 0.15) is 0 Å². The molecule has 6 nitrogen and oxygen atoms in total. The average Bonchev–Trinajstić information content (AvgIpc) is 2.15. The summed E-state index contributed by atoms with van der Waals surface area (Å²) >= 11 is 0. The van der Waals surface area contributed by atoms with Crippen molar-refractivity contribution < 1.29 is 10.0 Å². The van der Waals surface area contributed by atoms with Gasteiger partial charge in [-0.1, -0.05) is 13.8 Å². The molecule has 0 aromatic heterocycles. The van der Waals surface area contributed by atoms with E-state index < -0.39 is 0 Å². The highest BCUT2D eigenvalue weighted by Gasteiger charge is 2.13. The highest BCUT2D eigenvalue weighted by atomic mass is 16.5. The Morgan fingerprint density at radius 2 is 2.29 bits per heavy atom. The molecule has 14 heavy (non-hydrogen) atoms. The monoisotopic (exact) mass is 200 g/mol. The van der Waals surface area contributed by atoms with Crippen molar-refractivity contribution >= 4 is 18.6 Å². The number of amides is 1. The van der Waals surface area contributed by atoms with Crippen molar-refractivity contribution in [1.82, 2.24) is 10.4 Å². The molecule has 0 bridgehead atoms. The predicted octanol–water partition coefficient (Wildman–Crippen LogP) is 0.0852. The fraction of sp³-hybridized carbons (Fsp3) is 0.625. The second-order valence-electron chi connectivity index (χ2n) is 3.05. The molecule has 0 aliphatic heterocycles. The Kier molecular flexibility index (Phi) is 5.47. The summed E-state index contributed by atoms with van der Waals surface area (Å²) in [6, 6.07) is 0. The predicted molar refractivity (Wildman–Crippen MR) is 53.6 cm³/mol. The Balaban J connectivity index is 3.74. The van der Waals surface area contributed by atoms with Crippen LogP contribution in [-0.4, -0.2) is 41.9 Å². The SMILES string of the molecule is C=NC(=N)NCCN(O)C(=O)C(C)C. The van der Waals surface area contributed by atoms with Gasteiger partial charge in [-0.3, -0.25) is 15.4 Å². The van der Waals surface area contributed by atoms with Gasteiger partial charge < -0.3 is 5.32 Å². The molecule has 0 atom stereocenters. The summed E-state index contributed by atoms with van der Waals surface area (Å²) < 4.78 is 0. The van der Waals surface area contributed by atoms with E-state index in [4.69, 9.17) is 5.41 Å². The van der Waals surface area contributed by atoms with Crippen LogP contribution in [0, 0.1) is 11.3 Å². The van der Waals surface area contributed by atoms with Gasteiger partial charge in [-0.05, 0) is 6.72 Å². The standard InChI is InChI=1S/C8H16N4O2/c1-6(2)7(13)12(14)5-4-11-8(9)10-3/h6,14H,3-5H2,1-2H3,(H2,9,11). The number of nitrogens with one attached hydrogen (secondary N) is 2. The van der Waals surface area contributed by atoms with E-state index in [2.05, 4.69) is 17.0 Å². The number of hydrogen-bond donors (Lipinski definition) is 3. The maximum absolute atomic E-state index is 11.1. The zero-order valence-electron chi connectivity index (χ0n) is 8.45. The van der Waals surface area contributed by atoms with E-state index in [1.54, 1.807) is 13.8 Å². The summed E-state index contributed by atoms with van der Waals surface area (Å²) in [6.07, 6.45) is 0. The first kappa shape index (κ1) is 12.6. The van der Waals surface area contributed by atoms with Crippen molar-refractivity contribution in [1.29, 1.82) is 5.41 Å². The lowest BCUT2D eigenvalue weighted by Gasteiger charge is -2.16. The third-order valence-electron chi connectivity index (χ3n) is 1.52. The molecular formula is C8H16N4O2. The first-order valence-electron chi connectivity index (χ1n) is 4.28. The average molecular weight is 200 g/mol. The molecule has 0 aromatic rings. The van der Waals surface area contributed by atoms with Gasteiger partial charge in [0, 0.05) is 12.5 Å². The van der Waals surface area contributed by atoms with Crippen LogP contribution in [0.1, 0.15) is 13.8 Å². The number of rotatable bonds is 4. The molecule has 3 N–H and O–H groups in total. The molecule has 0 rings (SSSR count). The number of hydroxylamine groups is 2. The number of carbonyl (C=O) groups is 1. The Labute approximate surface area is 83.1 Å². The van der Waals surface area contributed by atoms with Gasteiger partial charge in [-0.2, -0.15) is 0 Å². The zero-order valence-corrected chi connectivity index (χ0v) is 8.45. The Hall–Kier alpha value is -1.43. The maximum atomic E-state index is 11.1. The minimum atomic E-state index is -0.343. The summed E-state index contributed by atoms with van der Waals surface area (Å²) in [6.45, 7) is 6.93. The highest BCUT2D eigenvalue weighted by Crippen LogP contribution is 1.97. The smallest absolute Gasteiger partial charge is 0.248 e. The summed E-state index contributed by atoms with van der Waals surface area (Å²) in [5.41, 5.74) is 0. The van der Waals surface area contributed by atoms with Gasteiger partial charge in [0.25, 0.3) is 0 Å². The van der Waals surface area contributed by atoms with Crippen LogP contribution in [0.2, 0.25) is 0 Å². The second kappa shape index (κ2) is 6.09. The Morgan fingerprint density at radius 3 is 2.71 bits per heavy atom. The van der Waals surface area contributed by atoms with E-state index in [9.17, 15) is 10.0 Å². The van der Waals surface area contributed by atoms with Crippen molar-refractivity contribution in [2.24, 2.45) is 10.9 Å². The Morgan fingerprint density at radius 1 is 1.71 bits per heavy atom. The molecule has 0 aliphatic carbocycles. The van der Waals surface area contributed by atoms with E-state index in [-0.39, 0.29) is 30.9 Å². The molecule has 0 aromatic carbocycles. The van der Waals surface area contributed by atoms with Crippen molar-refractivity contribution in [3.05, 3.63) is 0 Å². The number of hydrogen-bond acceptors (Lipinski definition) is 3. The van der Waals surface area contributed by atoms with E-state index in [1.807, 2.05) is 0 Å². The molecule has 0 radical (unpaired) electrons. The van der Waals surface area contributed by atoms with E-state index in [0.717, 1.165) is 0 Å². The summed E-state index contributed by atoms with van der Waals surface area (Å²) in [7, 11) is 0. The molecule has 0 heterocycles. The van der Waals surface area contributed by atoms with Gasteiger partial charge in [0.15, 0.2) is 0 Å². The summed E-state index contributed by atoms with van der Waals surface area (Å²) in [5.74, 6) is -0.655. The highest BCUT2D eigenvalue weighted by molar-refractivity contribution is 5.81. The molecule has 0 saturated carbocycles. The van der Waals surface area contributed by atoms with Crippen molar-refractivity contribution in [2.75, 3.05) is 13.1 Å². The fourth-order valence-corrected chi connectivity index (χ4v) is 0.744. The van der Waals surface area contributed by atoms with Crippen molar-refractivity contribution in [2.45, 2.75) is 13.8 Å². The quantitative estimate of drug-likeness (QED) is 0.260. The molecule has 0 unspecified atom stereocenters. The second-order valence-corrected chi connectivity index (χ2v) is 3.05. The van der Waals surface area contributed by atoms with Crippen LogP contribution < -0.4 is 5.32 Å². The van der Waals surface area contributed by atoms with E-state index >= 15 is 0 Å². The molecule has 0 fully saturated rings. The Bertz CT molecular complexity index is 227. The number of guanidine groups is 1. The van der Waals surface area contributed by atoms with Crippen molar-refractivity contribution in [3.8, 4) is 0 Å². The number of nitrogens with zero attached hydrogens (tertiary/aromatic N) is 2. The molecule has 1 amide bonds. The molecule has 0 aliphatic rings. The third-order valence-corrected chi connectivity index (χ3v) is 1.52.